The first-order valence-corrected chi connectivity index (χ1v) is 16.0. The molecule has 1 atom stereocenters. The third-order valence-corrected chi connectivity index (χ3v) is 8.83. The highest BCUT2D eigenvalue weighted by Crippen LogP contribution is 2.28. The number of rotatable bonds is 13. The van der Waals surface area contributed by atoms with Crippen molar-refractivity contribution in [2.75, 3.05) is 17.4 Å². The minimum Gasteiger partial charge on any atom is -0.457 e. The van der Waals surface area contributed by atoms with Gasteiger partial charge in [-0.3, -0.25) is 13.9 Å². The molecule has 0 unspecified atom stereocenters. The second-order valence-corrected chi connectivity index (χ2v) is 12.9. The number of nitrogens with one attached hydrogen (secondary N) is 1. The fourth-order valence-corrected chi connectivity index (χ4v) is 5.90. The van der Waals surface area contributed by atoms with Gasteiger partial charge in [0.1, 0.15) is 24.1 Å². The number of hydrogen-bond donors (Lipinski definition) is 1. The Kier molecular flexibility index (Phi) is 10.8. The zero-order chi connectivity index (χ0) is 31.7. The normalized spacial score (nSPS) is 11.9. The van der Waals surface area contributed by atoms with Crippen LogP contribution in [0.25, 0.3) is 0 Å². The summed E-state index contributed by atoms with van der Waals surface area (Å²) in [5.41, 5.74) is 2.01. The largest absolute Gasteiger partial charge is 0.457 e. The maximum absolute atomic E-state index is 14.1. The lowest BCUT2D eigenvalue weighted by Gasteiger charge is -2.32. The van der Waals surface area contributed by atoms with Crippen LogP contribution >= 0.6 is 0 Å². The summed E-state index contributed by atoms with van der Waals surface area (Å²) in [6, 6.07) is 30.7. The van der Waals surface area contributed by atoms with Crippen molar-refractivity contribution in [3.8, 4) is 11.5 Å². The highest BCUT2D eigenvalue weighted by atomic mass is 32.2. The Bertz CT molecular complexity index is 1630. The van der Waals surface area contributed by atoms with Gasteiger partial charge in [0.05, 0.1) is 10.6 Å². The zero-order valence-corrected chi connectivity index (χ0v) is 26.3. The fraction of sp³-hybridized carbons (Fsp3) is 0.257. The molecule has 0 saturated carbocycles. The van der Waals surface area contributed by atoms with Crippen molar-refractivity contribution in [2.24, 2.45) is 5.92 Å². The van der Waals surface area contributed by atoms with Gasteiger partial charge in [0.2, 0.25) is 11.8 Å². The lowest BCUT2D eigenvalue weighted by molar-refractivity contribution is -0.139. The molecular formula is C35H39N3O5S. The van der Waals surface area contributed by atoms with Crippen LogP contribution in [0.3, 0.4) is 0 Å². The van der Waals surface area contributed by atoms with E-state index in [4.69, 9.17) is 4.74 Å². The summed E-state index contributed by atoms with van der Waals surface area (Å²) in [5.74, 6) is 0.564. The van der Waals surface area contributed by atoms with Crippen LogP contribution < -0.4 is 14.4 Å². The molecule has 4 aromatic rings. The van der Waals surface area contributed by atoms with E-state index in [1.165, 1.54) is 17.0 Å². The SMILES string of the molecule is Cc1ccc(S(=O)(=O)N(CC(=O)N(Cc2ccccc2)[C@@H](C)C(=O)NCC(C)C)c2ccc(Oc3ccccc3)cc2)cc1. The van der Waals surface area contributed by atoms with Crippen LogP contribution in [0.1, 0.15) is 31.9 Å². The molecule has 0 heterocycles. The van der Waals surface area contributed by atoms with Crippen molar-refractivity contribution in [1.29, 1.82) is 0 Å². The molecule has 0 saturated heterocycles. The maximum atomic E-state index is 14.1. The van der Waals surface area contributed by atoms with Gasteiger partial charge in [-0.15, -0.1) is 0 Å². The first-order valence-electron chi connectivity index (χ1n) is 14.6. The quantitative estimate of drug-likeness (QED) is 0.195. The van der Waals surface area contributed by atoms with Gasteiger partial charge in [-0.1, -0.05) is 80.1 Å². The lowest BCUT2D eigenvalue weighted by Crippen LogP contribution is -2.51. The summed E-state index contributed by atoms with van der Waals surface area (Å²) in [4.78, 5) is 28.7. The summed E-state index contributed by atoms with van der Waals surface area (Å²) in [7, 11) is -4.17. The number of amides is 2. The number of nitrogens with zero attached hydrogens (tertiary/aromatic N) is 2. The van der Waals surface area contributed by atoms with E-state index >= 15 is 0 Å². The van der Waals surface area contributed by atoms with Crippen molar-refractivity contribution in [1.82, 2.24) is 10.2 Å². The number of carbonyl (C=O) groups is 2. The number of aryl methyl sites for hydroxylation is 1. The van der Waals surface area contributed by atoms with E-state index in [9.17, 15) is 18.0 Å². The summed E-state index contributed by atoms with van der Waals surface area (Å²) in [6.07, 6.45) is 0. The molecule has 4 aromatic carbocycles. The van der Waals surface area contributed by atoms with Gasteiger partial charge < -0.3 is 15.0 Å². The number of hydrogen-bond acceptors (Lipinski definition) is 5. The third-order valence-electron chi connectivity index (χ3n) is 7.04. The van der Waals surface area contributed by atoms with Crippen molar-refractivity contribution in [3.63, 3.8) is 0 Å². The van der Waals surface area contributed by atoms with E-state index < -0.39 is 28.5 Å². The third kappa shape index (κ3) is 8.48. The highest BCUT2D eigenvalue weighted by molar-refractivity contribution is 7.92. The van der Waals surface area contributed by atoms with E-state index in [0.29, 0.717) is 18.0 Å². The topological polar surface area (TPSA) is 96.0 Å². The maximum Gasteiger partial charge on any atom is 0.264 e. The molecule has 8 nitrogen and oxygen atoms in total. The second-order valence-electron chi connectivity index (χ2n) is 11.1. The average Bonchev–Trinajstić information content (AvgIpc) is 3.02. The highest BCUT2D eigenvalue weighted by Gasteiger charge is 2.32. The molecule has 230 valence electrons. The Balaban J connectivity index is 1.68. The molecule has 9 heteroatoms. The monoisotopic (exact) mass is 613 g/mol. The molecule has 0 fully saturated rings. The summed E-state index contributed by atoms with van der Waals surface area (Å²) >= 11 is 0. The van der Waals surface area contributed by atoms with Gasteiger partial charge in [-0.2, -0.15) is 0 Å². The van der Waals surface area contributed by atoms with Crippen LogP contribution in [0, 0.1) is 12.8 Å². The van der Waals surface area contributed by atoms with E-state index in [0.717, 1.165) is 15.4 Å². The number of anilines is 1. The van der Waals surface area contributed by atoms with Crippen LogP contribution in [0.15, 0.2) is 114 Å². The molecular weight excluding hydrogens is 574 g/mol. The number of benzene rings is 4. The van der Waals surface area contributed by atoms with E-state index in [1.54, 1.807) is 43.3 Å². The van der Waals surface area contributed by atoms with Gasteiger partial charge in [0.15, 0.2) is 0 Å². The number of carbonyl (C=O) groups excluding carboxylic acids is 2. The standard InChI is InChI=1S/C35H39N3O5S/c1-26(2)23-36-35(40)28(4)37(24-29-11-7-5-8-12-29)34(39)25-38(44(41,42)33-21-15-27(3)16-22-33)30-17-19-32(20-18-30)43-31-13-9-6-10-14-31/h5-22,26,28H,23-25H2,1-4H3,(H,36,40)/t28-/m0/s1. The summed E-state index contributed by atoms with van der Waals surface area (Å²) in [5, 5.41) is 2.90. The van der Waals surface area contributed by atoms with Crippen LogP contribution in [0.5, 0.6) is 11.5 Å². The van der Waals surface area contributed by atoms with Crippen LogP contribution in [0.4, 0.5) is 5.69 Å². The summed E-state index contributed by atoms with van der Waals surface area (Å²) < 4.78 is 35.1. The van der Waals surface area contributed by atoms with Gasteiger partial charge in [0, 0.05) is 13.1 Å². The number of para-hydroxylation sites is 1. The Labute approximate surface area is 260 Å². The molecule has 0 spiro atoms. The van der Waals surface area contributed by atoms with Crippen molar-refractivity contribution >= 4 is 27.5 Å². The van der Waals surface area contributed by atoms with Crippen molar-refractivity contribution in [3.05, 3.63) is 120 Å². The molecule has 1 N–H and O–H groups in total. The average molecular weight is 614 g/mol. The molecule has 0 bridgehead atoms. The predicted octanol–water partition coefficient (Wildman–Crippen LogP) is 6.17. The molecule has 0 radical (unpaired) electrons. The van der Waals surface area contributed by atoms with E-state index in [-0.39, 0.29) is 29.0 Å². The van der Waals surface area contributed by atoms with Crippen molar-refractivity contribution < 1.29 is 22.7 Å². The predicted molar refractivity (Wildman–Crippen MR) is 173 cm³/mol. The smallest absolute Gasteiger partial charge is 0.264 e. The molecule has 2 amide bonds. The van der Waals surface area contributed by atoms with Crippen molar-refractivity contribution in [2.45, 2.75) is 45.2 Å². The minimum atomic E-state index is -4.17. The number of sulfonamides is 1. The zero-order valence-electron chi connectivity index (χ0n) is 25.5. The van der Waals surface area contributed by atoms with E-state index in [2.05, 4.69) is 5.32 Å². The molecule has 0 aliphatic heterocycles. The van der Waals surface area contributed by atoms with Crippen LogP contribution in [-0.4, -0.2) is 44.3 Å². The van der Waals surface area contributed by atoms with Gasteiger partial charge in [0.25, 0.3) is 10.0 Å². The lowest BCUT2D eigenvalue weighted by atomic mass is 10.1. The van der Waals surface area contributed by atoms with Gasteiger partial charge >= 0.3 is 0 Å². The fourth-order valence-electron chi connectivity index (χ4n) is 4.49. The van der Waals surface area contributed by atoms with Crippen LogP contribution in [-0.2, 0) is 26.2 Å². The van der Waals surface area contributed by atoms with E-state index in [1.807, 2.05) is 81.4 Å². The van der Waals surface area contributed by atoms with Crippen LogP contribution in [0.2, 0.25) is 0 Å². The second kappa shape index (κ2) is 14.7. The summed E-state index contributed by atoms with van der Waals surface area (Å²) in [6.45, 7) is 7.59. The molecule has 44 heavy (non-hydrogen) atoms. The first kappa shape index (κ1) is 32.3. The number of ether oxygens (including phenoxy) is 1. The Morgan fingerprint density at radius 3 is 1.93 bits per heavy atom. The Morgan fingerprint density at radius 2 is 1.34 bits per heavy atom. The molecule has 4 rings (SSSR count). The minimum absolute atomic E-state index is 0.0536. The van der Waals surface area contributed by atoms with Gasteiger partial charge in [-0.25, -0.2) is 8.42 Å². The van der Waals surface area contributed by atoms with Gasteiger partial charge in [-0.05, 0) is 73.9 Å². The Morgan fingerprint density at radius 1 is 0.773 bits per heavy atom. The molecule has 0 aliphatic rings. The Hall–Kier alpha value is -4.63. The molecule has 0 aromatic heterocycles. The molecule has 0 aliphatic carbocycles. The first-order chi connectivity index (χ1) is 21.0.